The van der Waals surface area contributed by atoms with Gasteiger partial charge >= 0.3 is 0 Å². The normalized spacial score (nSPS) is 15.6. The van der Waals surface area contributed by atoms with Gasteiger partial charge in [0.05, 0.1) is 0 Å². The summed E-state index contributed by atoms with van der Waals surface area (Å²) in [6.07, 6.45) is 2.79. The summed E-state index contributed by atoms with van der Waals surface area (Å²) in [6, 6.07) is 6.22. The topological polar surface area (TPSA) is 38.9 Å². The van der Waals surface area contributed by atoms with Crippen molar-refractivity contribution in [1.29, 1.82) is 0 Å². The molecule has 2 N–H and O–H groups in total. The third kappa shape index (κ3) is 2.62. The van der Waals surface area contributed by atoms with Crippen molar-refractivity contribution in [3.8, 4) is 0 Å². The monoisotopic (exact) mass is 164 g/mol. The van der Waals surface area contributed by atoms with Gasteiger partial charge in [0.2, 0.25) is 0 Å². The molecular formula is C10H16N2. The quantitative estimate of drug-likeness (QED) is 0.737. The number of nitrogens with zero attached hydrogens (tertiary/aromatic N) is 1. The first kappa shape index (κ1) is 9.20. The summed E-state index contributed by atoms with van der Waals surface area (Å²) in [5.74, 6) is 0.500. The fraction of sp³-hybridized carbons (Fsp3) is 0.500. The van der Waals surface area contributed by atoms with Gasteiger partial charge in [-0.05, 0) is 31.4 Å². The number of hydrogen-bond acceptors (Lipinski definition) is 2. The molecule has 2 atom stereocenters. The Hall–Kier alpha value is -0.890. The van der Waals surface area contributed by atoms with Gasteiger partial charge < -0.3 is 5.73 Å². The summed E-state index contributed by atoms with van der Waals surface area (Å²) in [5.41, 5.74) is 6.88. The van der Waals surface area contributed by atoms with Crippen molar-refractivity contribution in [2.24, 2.45) is 11.7 Å². The average molecular weight is 164 g/mol. The van der Waals surface area contributed by atoms with Crippen molar-refractivity contribution in [3.05, 3.63) is 30.1 Å². The van der Waals surface area contributed by atoms with Crippen molar-refractivity contribution in [1.82, 2.24) is 4.98 Å². The molecule has 0 bridgehead atoms. The molecule has 0 saturated carbocycles. The molecule has 0 aliphatic rings. The maximum absolute atomic E-state index is 5.76. The average Bonchev–Trinajstić information content (AvgIpc) is 2.06. The highest BCUT2D eigenvalue weighted by Crippen LogP contribution is 2.07. The molecular weight excluding hydrogens is 148 g/mol. The molecule has 0 aliphatic heterocycles. The number of nitrogens with two attached hydrogens (primary N) is 1. The first-order chi connectivity index (χ1) is 5.70. The zero-order valence-electron chi connectivity index (χ0n) is 7.70. The van der Waals surface area contributed by atoms with Gasteiger partial charge in [0.15, 0.2) is 0 Å². The lowest BCUT2D eigenvalue weighted by molar-refractivity contribution is 0.477. The number of pyridine rings is 1. The highest BCUT2D eigenvalue weighted by atomic mass is 14.7. The maximum Gasteiger partial charge on any atom is 0.0406 e. The predicted molar refractivity (Wildman–Crippen MR) is 50.8 cm³/mol. The first-order valence-corrected chi connectivity index (χ1v) is 4.35. The highest BCUT2D eigenvalue weighted by Gasteiger charge is 2.08. The molecule has 0 fully saturated rings. The second kappa shape index (κ2) is 4.21. The van der Waals surface area contributed by atoms with Gasteiger partial charge in [-0.15, -0.1) is 0 Å². The molecule has 12 heavy (non-hydrogen) atoms. The second-order valence-corrected chi connectivity index (χ2v) is 3.36. The Bertz CT molecular complexity index is 219. The molecule has 2 unspecified atom stereocenters. The van der Waals surface area contributed by atoms with Crippen LogP contribution in [0.15, 0.2) is 24.4 Å². The van der Waals surface area contributed by atoms with Crippen molar-refractivity contribution >= 4 is 0 Å². The molecule has 2 nitrogen and oxygen atoms in total. The molecule has 0 spiro atoms. The first-order valence-electron chi connectivity index (χ1n) is 4.35. The Labute approximate surface area is 73.8 Å². The lowest BCUT2D eigenvalue weighted by Crippen LogP contribution is -2.25. The molecule has 0 saturated heterocycles. The Morgan fingerprint density at radius 1 is 1.42 bits per heavy atom. The van der Waals surface area contributed by atoms with Gasteiger partial charge in [-0.2, -0.15) is 0 Å². The van der Waals surface area contributed by atoms with Gasteiger partial charge in [0.25, 0.3) is 0 Å². The summed E-state index contributed by atoms with van der Waals surface area (Å²) in [5, 5.41) is 0. The highest BCUT2D eigenvalue weighted by molar-refractivity contribution is 5.04. The SMILES string of the molecule is CC(N)C(C)Cc1ccccn1. The van der Waals surface area contributed by atoms with Crippen molar-refractivity contribution in [2.75, 3.05) is 0 Å². The summed E-state index contributed by atoms with van der Waals surface area (Å²) >= 11 is 0. The molecule has 2 heteroatoms. The van der Waals surface area contributed by atoms with Crippen LogP contribution in [0.1, 0.15) is 19.5 Å². The zero-order valence-corrected chi connectivity index (χ0v) is 7.70. The summed E-state index contributed by atoms with van der Waals surface area (Å²) < 4.78 is 0. The molecule has 66 valence electrons. The third-order valence-electron chi connectivity index (χ3n) is 2.15. The van der Waals surface area contributed by atoms with Gasteiger partial charge in [0.1, 0.15) is 0 Å². The molecule has 0 amide bonds. The maximum atomic E-state index is 5.76. The van der Waals surface area contributed by atoms with E-state index in [1.165, 1.54) is 0 Å². The second-order valence-electron chi connectivity index (χ2n) is 3.36. The van der Waals surface area contributed by atoms with Crippen LogP contribution in [0.2, 0.25) is 0 Å². The Balaban J connectivity index is 2.53. The molecule has 1 aromatic rings. The molecule has 0 aromatic carbocycles. The summed E-state index contributed by atoms with van der Waals surface area (Å²) in [7, 11) is 0. The molecule has 1 heterocycles. The Morgan fingerprint density at radius 3 is 2.67 bits per heavy atom. The van der Waals surface area contributed by atoms with Crippen LogP contribution >= 0.6 is 0 Å². The van der Waals surface area contributed by atoms with Crippen LogP contribution in [-0.2, 0) is 6.42 Å². The Morgan fingerprint density at radius 2 is 2.17 bits per heavy atom. The van der Waals surface area contributed by atoms with Gasteiger partial charge in [-0.1, -0.05) is 13.0 Å². The van der Waals surface area contributed by atoms with Crippen molar-refractivity contribution < 1.29 is 0 Å². The van der Waals surface area contributed by atoms with E-state index in [0.717, 1.165) is 12.1 Å². The van der Waals surface area contributed by atoms with Crippen LogP contribution in [0.5, 0.6) is 0 Å². The minimum atomic E-state index is 0.243. The molecule has 0 aliphatic carbocycles. The number of hydrogen-bond donors (Lipinski definition) is 1. The van der Waals surface area contributed by atoms with E-state index in [1.807, 2.05) is 31.3 Å². The van der Waals surface area contributed by atoms with Crippen LogP contribution in [0.3, 0.4) is 0 Å². The smallest absolute Gasteiger partial charge is 0.0406 e. The van der Waals surface area contributed by atoms with Gasteiger partial charge in [0, 0.05) is 17.9 Å². The standard InChI is InChI=1S/C10H16N2/c1-8(9(2)11)7-10-5-3-4-6-12-10/h3-6,8-9H,7,11H2,1-2H3. The third-order valence-corrected chi connectivity index (χ3v) is 2.15. The molecule has 1 aromatic heterocycles. The minimum absolute atomic E-state index is 0.243. The number of rotatable bonds is 3. The van der Waals surface area contributed by atoms with E-state index in [9.17, 15) is 0 Å². The fourth-order valence-corrected chi connectivity index (χ4v) is 1.03. The van der Waals surface area contributed by atoms with E-state index in [4.69, 9.17) is 5.73 Å². The van der Waals surface area contributed by atoms with E-state index in [1.54, 1.807) is 0 Å². The predicted octanol–water partition coefficient (Wildman–Crippen LogP) is 1.61. The zero-order chi connectivity index (χ0) is 8.97. The lowest BCUT2D eigenvalue weighted by atomic mass is 9.98. The van der Waals surface area contributed by atoms with Gasteiger partial charge in [-0.25, -0.2) is 0 Å². The van der Waals surface area contributed by atoms with E-state index in [2.05, 4.69) is 11.9 Å². The van der Waals surface area contributed by atoms with Crippen LogP contribution in [0.4, 0.5) is 0 Å². The van der Waals surface area contributed by atoms with Gasteiger partial charge in [-0.3, -0.25) is 4.98 Å². The number of aromatic nitrogens is 1. The van der Waals surface area contributed by atoms with E-state index >= 15 is 0 Å². The fourth-order valence-electron chi connectivity index (χ4n) is 1.03. The van der Waals surface area contributed by atoms with E-state index < -0.39 is 0 Å². The van der Waals surface area contributed by atoms with Crippen LogP contribution in [0, 0.1) is 5.92 Å². The Kier molecular flexibility index (Phi) is 3.23. The van der Waals surface area contributed by atoms with E-state index in [-0.39, 0.29) is 6.04 Å². The lowest BCUT2D eigenvalue weighted by Gasteiger charge is -2.14. The van der Waals surface area contributed by atoms with Crippen molar-refractivity contribution in [3.63, 3.8) is 0 Å². The largest absolute Gasteiger partial charge is 0.328 e. The van der Waals surface area contributed by atoms with Crippen molar-refractivity contribution in [2.45, 2.75) is 26.3 Å². The summed E-state index contributed by atoms with van der Waals surface area (Å²) in [4.78, 5) is 4.25. The molecule has 1 rings (SSSR count). The van der Waals surface area contributed by atoms with E-state index in [0.29, 0.717) is 5.92 Å². The summed E-state index contributed by atoms with van der Waals surface area (Å²) in [6.45, 7) is 4.19. The van der Waals surface area contributed by atoms with Crippen LogP contribution in [-0.4, -0.2) is 11.0 Å². The van der Waals surface area contributed by atoms with Crippen LogP contribution in [0.25, 0.3) is 0 Å². The molecule has 0 radical (unpaired) electrons. The minimum Gasteiger partial charge on any atom is -0.328 e. The van der Waals surface area contributed by atoms with Crippen LogP contribution < -0.4 is 5.73 Å².